The Labute approximate surface area is 81.7 Å². The van der Waals surface area contributed by atoms with Gasteiger partial charge in [-0.2, -0.15) is 13.2 Å². The molecule has 2 nitrogen and oxygen atoms in total. The van der Waals surface area contributed by atoms with Crippen LogP contribution in [0.2, 0.25) is 0 Å². The van der Waals surface area contributed by atoms with Crippen LogP contribution < -0.4 is 0 Å². The highest BCUT2D eigenvalue weighted by Crippen LogP contribution is 2.32. The van der Waals surface area contributed by atoms with Crippen molar-refractivity contribution in [1.29, 1.82) is 0 Å². The van der Waals surface area contributed by atoms with E-state index in [1.165, 1.54) is 0 Å². The second-order valence-corrected chi connectivity index (χ2v) is 4.23. The van der Waals surface area contributed by atoms with Crippen LogP contribution in [0.25, 0.3) is 0 Å². The third-order valence-electron chi connectivity index (χ3n) is 2.81. The summed E-state index contributed by atoms with van der Waals surface area (Å²) in [6, 6.07) is 0.142. The quantitative estimate of drug-likeness (QED) is 0.752. The maximum Gasteiger partial charge on any atom is 0.418 e. The first-order chi connectivity index (χ1) is 6.24. The Morgan fingerprint density at radius 3 is 2.36 bits per heavy atom. The third-order valence-corrected chi connectivity index (χ3v) is 2.81. The molecule has 1 aliphatic rings. The summed E-state index contributed by atoms with van der Waals surface area (Å²) in [4.78, 5) is 1.69. The van der Waals surface area contributed by atoms with Gasteiger partial charge in [0.15, 0.2) is 5.60 Å². The number of β-amino-alcohol motifs (C(OH)–C–C–N with tert-alkyl or cyclic N) is 1. The molecule has 0 saturated carbocycles. The first-order valence-electron chi connectivity index (χ1n) is 4.77. The van der Waals surface area contributed by atoms with Gasteiger partial charge in [0.05, 0.1) is 0 Å². The zero-order valence-electron chi connectivity index (χ0n) is 8.43. The van der Waals surface area contributed by atoms with Crippen LogP contribution in [-0.4, -0.2) is 40.9 Å². The van der Waals surface area contributed by atoms with Gasteiger partial charge in [-0.05, 0) is 33.2 Å². The van der Waals surface area contributed by atoms with E-state index >= 15 is 0 Å². The minimum atomic E-state index is -4.55. The number of likely N-dealkylation sites (tertiary alicyclic amines) is 1. The van der Waals surface area contributed by atoms with Gasteiger partial charge in [0.25, 0.3) is 0 Å². The van der Waals surface area contributed by atoms with E-state index in [-0.39, 0.29) is 12.6 Å². The topological polar surface area (TPSA) is 23.5 Å². The predicted octanol–water partition coefficient (Wildman–Crippen LogP) is 1.78. The fourth-order valence-electron chi connectivity index (χ4n) is 1.71. The van der Waals surface area contributed by atoms with E-state index in [0.29, 0.717) is 6.54 Å². The monoisotopic (exact) mass is 211 g/mol. The predicted molar refractivity (Wildman–Crippen MR) is 46.9 cm³/mol. The summed E-state index contributed by atoms with van der Waals surface area (Å²) >= 11 is 0. The molecule has 0 spiro atoms. The highest BCUT2D eigenvalue weighted by Gasteiger charge is 2.51. The molecular formula is C9H16F3NO. The highest BCUT2D eigenvalue weighted by molar-refractivity contribution is 4.88. The number of hydrogen-bond donors (Lipinski definition) is 1. The smallest absolute Gasteiger partial charge is 0.380 e. The number of aliphatic hydroxyl groups is 1. The van der Waals surface area contributed by atoms with E-state index in [0.717, 1.165) is 19.8 Å². The van der Waals surface area contributed by atoms with Gasteiger partial charge in [0, 0.05) is 12.6 Å². The molecule has 5 heteroatoms. The molecule has 1 aliphatic heterocycles. The molecule has 1 fully saturated rings. The van der Waals surface area contributed by atoms with Crippen molar-refractivity contribution < 1.29 is 18.3 Å². The van der Waals surface area contributed by atoms with Crippen molar-refractivity contribution in [2.24, 2.45) is 0 Å². The standard InChI is InChI=1S/C9H16F3NO/c1-7-4-3-5-13(7)6-8(2,14)9(10,11)12/h7,14H,3-6H2,1-2H3. The van der Waals surface area contributed by atoms with E-state index < -0.39 is 11.8 Å². The average molecular weight is 211 g/mol. The minimum absolute atomic E-state index is 0.142. The minimum Gasteiger partial charge on any atom is -0.380 e. The zero-order chi connectivity index (χ0) is 11.0. The molecule has 2 unspecified atom stereocenters. The number of nitrogens with zero attached hydrogens (tertiary/aromatic N) is 1. The van der Waals surface area contributed by atoms with Crippen LogP contribution in [0, 0.1) is 0 Å². The van der Waals surface area contributed by atoms with Crippen molar-refractivity contribution >= 4 is 0 Å². The molecule has 0 bridgehead atoms. The van der Waals surface area contributed by atoms with Crippen LogP contribution >= 0.6 is 0 Å². The normalized spacial score (nSPS) is 29.1. The van der Waals surface area contributed by atoms with Crippen LogP contribution in [0.3, 0.4) is 0 Å². The lowest BCUT2D eigenvalue weighted by Gasteiger charge is -2.32. The lowest BCUT2D eigenvalue weighted by molar-refractivity contribution is -0.257. The van der Waals surface area contributed by atoms with Gasteiger partial charge >= 0.3 is 6.18 Å². The molecule has 0 aliphatic carbocycles. The van der Waals surface area contributed by atoms with E-state index in [4.69, 9.17) is 0 Å². The molecule has 1 rings (SSSR count). The molecule has 0 aromatic rings. The summed E-state index contributed by atoms with van der Waals surface area (Å²) in [7, 11) is 0. The summed E-state index contributed by atoms with van der Waals surface area (Å²) in [5.74, 6) is 0. The number of alkyl halides is 3. The van der Waals surface area contributed by atoms with Gasteiger partial charge in [-0.15, -0.1) is 0 Å². The number of rotatable bonds is 2. The Morgan fingerprint density at radius 2 is 2.00 bits per heavy atom. The van der Waals surface area contributed by atoms with Gasteiger partial charge < -0.3 is 5.11 Å². The Hall–Kier alpha value is -0.290. The second-order valence-electron chi connectivity index (χ2n) is 4.23. The van der Waals surface area contributed by atoms with E-state index in [1.54, 1.807) is 4.90 Å². The SMILES string of the molecule is CC1CCCN1CC(C)(O)C(F)(F)F. The van der Waals surface area contributed by atoms with Crippen molar-refractivity contribution in [2.45, 2.75) is 44.5 Å². The lowest BCUT2D eigenvalue weighted by atomic mass is 10.1. The molecule has 14 heavy (non-hydrogen) atoms. The van der Waals surface area contributed by atoms with Gasteiger partial charge in [0.2, 0.25) is 0 Å². The van der Waals surface area contributed by atoms with Crippen LogP contribution in [0.5, 0.6) is 0 Å². The Kier molecular flexibility index (Phi) is 3.11. The van der Waals surface area contributed by atoms with Crippen molar-refractivity contribution in [3.63, 3.8) is 0 Å². The second kappa shape index (κ2) is 3.70. The number of hydrogen-bond acceptors (Lipinski definition) is 2. The average Bonchev–Trinajstić information content (AvgIpc) is 2.33. The van der Waals surface area contributed by atoms with Crippen molar-refractivity contribution in [1.82, 2.24) is 4.90 Å². The summed E-state index contributed by atoms with van der Waals surface area (Å²) < 4.78 is 37.0. The lowest BCUT2D eigenvalue weighted by Crippen LogP contribution is -2.52. The van der Waals surface area contributed by atoms with Gasteiger partial charge in [-0.25, -0.2) is 0 Å². The zero-order valence-corrected chi connectivity index (χ0v) is 8.43. The molecular weight excluding hydrogens is 195 g/mol. The molecule has 0 radical (unpaired) electrons. The first kappa shape index (κ1) is 11.8. The first-order valence-corrected chi connectivity index (χ1v) is 4.77. The Bertz CT molecular complexity index is 203. The molecule has 2 atom stereocenters. The Morgan fingerprint density at radius 1 is 1.43 bits per heavy atom. The maximum absolute atomic E-state index is 12.3. The van der Waals surface area contributed by atoms with Crippen molar-refractivity contribution in [3.8, 4) is 0 Å². The third kappa shape index (κ3) is 2.39. The summed E-state index contributed by atoms with van der Waals surface area (Å²) in [6.45, 7) is 3.04. The van der Waals surface area contributed by atoms with E-state index in [9.17, 15) is 18.3 Å². The summed E-state index contributed by atoms with van der Waals surface area (Å²) in [5.41, 5.74) is -2.59. The fourth-order valence-corrected chi connectivity index (χ4v) is 1.71. The summed E-state index contributed by atoms with van der Waals surface area (Å²) in [6.07, 6.45) is -2.72. The highest BCUT2D eigenvalue weighted by atomic mass is 19.4. The van der Waals surface area contributed by atoms with Gasteiger partial charge in [-0.1, -0.05) is 0 Å². The summed E-state index contributed by atoms with van der Waals surface area (Å²) in [5, 5.41) is 9.26. The van der Waals surface area contributed by atoms with E-state index in [1.807, 2.05) is 6.92 Å². The van der Waals surface area contributed by atoms with Gasteiger partial charge in [0.1, 0.15) is 0 Å². The largest absolute Gasteiger partial charge is 0.418 e. The van der Waals surface area contributed by atoms with E-state index in [2.05, 4.69) is 0 Å². The Balaban J connectivity index is 2.58. The molecule has 1 N–H and O–H groups in total. The molecule has 0 aromatic carbocycles. The van der Waals surface area contributed by atoms with Crippen molar-refractivity contribution in [3.05, 3.63) is 0 Å². The molecule has 0 aromatic heterocycles. The molecule has 0 amide bonds. The van der Waals surface area contributed by atoms with Gasteiger partial charge in [-0.3, -0.25) is 4.90 Å². The van der Waals surface area contributed by atoms with Crippen LogP contribution in [-0.2, 0) is 0 Å². The molecule has 1 saturated heterocycles. The van der Waals surface area contributed by atoms with Crippen molar-refractivity contribution in [2.75, 3.05) is 13.1 Å². The van der Waals surface area contributed by atoms with Crippen LogP contribution in [0.4, 0.5) is 13.2 Å². The molecule has 84 valence electrons. The maximum atomic E-state index is 12.3. The fraction of sp³-hybridized carbons (Fsp3) is 1.00. The van der Waals surface area contributed by atoms with Crippen LogP contribution in [0.1, 0.15) is 26.7 Å². The van der Waals surface area contributed by atoms with Crippen LogP contribution in [0.15, 0.2) is 0 Å². The molecule has 1 heterocycles. The number of halogens is 3.